The monoisotopic (exact) mass is 422 g/mol. The van der Waals surface area contributed by atoms with Crippen LogP contribution in [0.25, 0.3) is 16.2 Å². The second kappa shape index (κ2) is 6.94. The van der Waals surface area contributed by atoms with E-state index in [0.717, 1.165) is 17.0 Å². The van der Waals surface area contributed by atoms with Gasteiger partial charge in [-0.1, -0.05) is 11.3 Å². The topological polar surface area (TPSA) is 75.0 Å². The molecule has 0 spiro atoms. The number of halogens is 1. The first kappa shape index (κ1) is 19.0. The number of amides is 1. The number of hydrogen-bond acceptors (Lipinski definition) is 5. The van der Waals surface area contributed by atoms with Crippen molar-refractivity contribution in [2.75, 3.05) is 32.4 Å². The van der Waals surface area contributed by atoms with Crippen LogP contribution in [0.1, 0.15) is 15.4 Å². The molecule has 1 saturated heterocycles. The van der Waals surface area contributed by atoms with E-state index in [1.807, 2.05) is 17.5 Å². The Hall–Kier alpha value is -2.30. The summed E-state index contributed by atoms with van der Waals surface area (Å²) in [5.41, 5.74) is 2.31. The summed E-state index contributed by atoms with van der Waals surface area (Å²) in [6, 6.07) is 6.12. The number of hydrogen-bond donors (Lipinski definition) is 0. The van der Waals surface area contributed by atoms with Crippen molar-refractivity contribution in [2.45, 2.75) is 6.92 Å². The molecular weight excluding hydrogens is 403 g/mol. The molecule has 0 N–H and O–H groups in total. The smallest absolute Gasteiger partial charge is 0.265 e. The van der Waals surface area contributed by atoms with Gasteiger partial charge in [-0.25, -0.2) is 17.8 Å². The molecule has 0 saturated carbocycles. The zero-order chi connectivity index (χ0) is 20.1. The predicted molar refractivity (Wildman–Crippen MR) is 106 cm³/mol. The summed E-state index contributed by atoms with van der Waals surface area (Å²) in [7, 11) is -3.23. The lowest BCUT2D eigenvalue weighted by Crippen LogP contribution is -2.50. The molecule has 10 heteroatoms. The number of carbonyl (C=O) groups is 1. The Morgan fingerprint density at radius 1 is 1.14 bits per heavy atom. The molecule has 148 valence electrons. The van der Waals surface area contributed by atoms with Gasteiger partial charge in [0.25, 0.3) is 5.91 Å². The van der Waals surface area contributed by atoms with E-state index in [1.165, 1.54) is 34.0 Å². The van der Waals surface area contributed by atoms with Crippen molar-refractivity contribution in [3.05, 3.63) is 46.9 Å². The molecule has 0 atom stereocenters. The van der Waals surface area contributed by atoms with Gasteiger partial charge in [-0.3, -0.25) is 9.20 Å². The third-order valence-corrected chi connectivity index (χ3v) is 7.33. The Balaban J connectivity index is 1.56. The molecule has 3 aromatic rings. The summed E-state index contributed by atoms with van der Waals surface area (Å²) in [5.74, 6) is -0.408. The minimum absolute atomic E-state index is 0.107. The highest BCUT2D eigenvalue weighted by molar-refractivity contribution is 7.88. The van der Waals surface area contributed by atoms with Crippen molar-refractivity contribution in [3.8, 4) is 11.3 Å². The van der Waals surface area contributed by atoms with Gasteiger partial charge in [0.05, 0.1) is 11.9 Å². The third-order valence-electron chi connectivity index (χ3n) is 4.89. The highest BCUT2D eigenvalue weighted by Gasteiger charge is 2.29. The van der Waals surface area contributed by atoms with Gasteiger partial charge in [0.15, 0.2) is 4.96 Å². The molecular formula is C18H19FN4O3S2. The van der Waals surface area contributed by atoms with Gasteiger partial charge in [-0.2, -0.15) is 4.31 Å². The van der Waals surface area contributed by atoms with Gasteiger partial charge in [0.1, 0.15) is 10.7 Å². The van der Waals surface area contributed by atoms with Crippen LogP contribution in [0.5, 0.6) is 0 Å². The molecule has 28 heavy (non-hydrogen) atoms. The summed E-state index contributed by atoms with van der Waals surface area (Å²) in [6.45, 7) is 3.21. The van der Waals surface area contributed by atoms with Crippen molar-refractivity contribution < 1.29 is 17.6 Å². The van der Waals surface area contributed by atoms with E-state index in [9.17, 15) is 17.6 Å². The first-order valence-corrected chi connectivity index (χ1v) is 11.4. The standard InChI is InChI=1S/C18H19FN4O3S2/c1-12-16(17(24)21-7-9-22(10-8-21)28(2,25)26)27-18-20-15(11-23(12)18)13-3-5-14(19)6-4-13/h3-6,11H,7-10H2,1-2H3. The average molecular weight is 423 g/mol. The van der Waals surface area contributed by atoms with Crippen LogP contribution in [0.15, 0.2) is 30.5 Å². The number of imidazole rings is 1. The third kappa shape index (κ3) is 3.43. The largest absolute Gasteiger partial charge is 0.335 e. The van der Waals surface area contributed by atoms with E-state index >= 15 is 0 Å². The molecule has 1 aromatic carbocycles. The van der Waals surface area contributed by atoms with Crippen LogP contribution in [0.4, 0.5) is 4.39 Å². The fraction of sp³-hybridized carbons (Fsp3) is 0.333. The molecule has 1 aliphatic heterocycles. The number of fused-ring (bicyclic) bond motifs is 1. The minimum Gasteiger partial charge on any atom is -0.335 e. The number of thiazole rings is 1. The Morgan fingerprint density at radius 3 is 2.36 bits per heavy atom. The Bertz CT molecular complexity index is 1140. The van der Waals surface area contributed by atoms with Crippen molar-refractivity contribution in [2.24, 2.45) is 0 Å². The van der Waals surface area contributed by atoms with Crippen LogP contribution in [0.2, 0.25) is 0 Å². The lowest BCUT2D eigenvalue weighted by molar-refractivity contribution is 0.0702. The SMILES string of the molecule is Cc1c(C(=O)N2CCN(S(C)(=O)=O)CC2)sc2nc(-c3ccc(F)cc3)cn12. The fourth-order valence-electron chi connectivity index (χ4n) is 3.27. The van der Waals surface area contributed by atoms with Crippen LogP contribution in [0, 0.1) is 12.7 Å². The number of carbonyl (C=O) groups excluding carboxylic acids is 1. The fourth-order valence-corrected chi connectivity index (χ4v) is 5.18. The van der Waals surface area contributed by atoms with Gasteiger partial charge < -0.3 is 4.90 Å². The average Bonchev–Trinajstić information content (AvgIpc) is 3.21. The van der Waals surface area contributed by atoms with Crippen LogP contribution < -0.4 is 0 Å². The van der Waals surface area contributed by atoms with Crippen LogP contribution in [-0.2, 0) is 10.0 Å². The van der Waals surface area contributed by atoms with E-state index in [0.29, 0.717) is 36.0 Å². The number of nitrogens with zero attached hydrogens (tertiary/aromatic N) is 4. The normalized spacial score (nSPS) is 16.0. The first-order valence-electron chi connectivity index (χ1n) is 8.73. The van der Waals surface area contributed by atoms with Crippen LogP contribution in [-0.4, -0.2) is 65.3 Å². The first-order chi connectivity index (χ1) is 13.2. The molecule has 0 aliphatic carbocycles. The van der Waals surface area contributed by atoms with Gasteiger partial charge in [-0.05, 0) is 31.2 Å². The Labute approximate surface area is 166 Å². The molecule has 2 aromatic heterocycles. The van der Waals surface area contributed by atoms with Crippen molar-refractivity contribution >= 4 is 32.2 Å². The highest BCUT2D eigenvalue weighted by Crippen LogP contribution is 2.28. The lowest BCUT2D eigenvalue weighted by Gasteiger charge is -2.33. The number of piperazine rings is 1. The number of rotatable bonds is 3. The summed E-state index contributed by atoms with van der Waals surface area (Å²) in [6.07, 6.45) is 3.02. The van der Waals surface area contributed by atoms with E-state index in [-0.39, 0.29) is 11.7 Å². The van der Waals surface area contributed by atoms with E-state index in [1.54, 1.807) is 17.0 Å². The maximum absolute atomic E-state index is 13.1. The molecule has 1 fully saturated rings. The maximum Gasteiger partial charge on any atom is 0.265 e. The van der Waals surface area contributed by atoms with Crippen molar-refractivity contribution in [1.82, 2.24) is 18.6 Å². The van der Waals surface area contributed by atoms with Gasteiger partial charge in [0, 0.05) is 43.6 Å². The van der Waals surface area contributed by atoms with Crippen molar-refractivity contribution in [3.63, 3.8) is 0 Å². The maximum atomic E-state index is 13.1. The van der Waals surface area contributed by atoms with Crippen LogP contribution >= 0.6 is 11.3 Å². The van der Waals surface area contributed by atoms with E-state index in [4.69, 9.17) is 0 Å². The van der Waals surface area contributed by atoms with E-state index in [2.05, 4.69) is 4.98 Å². The number of benzene rings is 1. The predicted octanol–water partition coefficient (Wildman–Crippen LogP) is 2.23. The molecule has 0 unspecified atom stereocenters. The zero-order valence-corrected chi connectivity index (χ0v) is 17.1. The Morgan fingerprint density at radius 2 is 1.79 bits per heavy atom. The van der Waals surface area contributed by atoms with Crippen LogP contribution in [0.3, 0.4) is 0 Å². The molecule has 7 nitrogen and oxygen atoms in total. The lowest BCUT2D eigenvalue weighted by atomic mass is 10.2. The highest BCUT2D eigenvalue weighted by atomic mass is 32.2. The summed E-state index contributed by atoms with van der Waals surface area (Å²) >= 11 is 1.31. The van der Waals surface area contributed by atoms with Gasteiger partial charge >= 0.3 is 0 Å². The second-order valence-electron chi connectivity index (χ2n) is 6.76. The van der Waals surface area contributed by atoms with Crippen molar-refractivity contribution in [1.29, 1.82) is 0 Å². The number of sulfonamides is 1. The molecule has 1 amide bonds. The molecule has 4 rings (SSSR count). The summed E-state index contributed by atoms with van der Waals surface area (Å²) in [4.78, 5) is 20.5. The molecule has 1 aliphatic rings. The zero-order valence-electron chi connectivity index (χ0n) is 15.4. The number of aryl methyl sites for hydroxylation is 1. The molecule has 0 radical (unpaired) electrons. The van der Waals surface area contributed by atoms with Gasteiger partial charge in [0.2, 0.25) is 10.0 Å². The molecule has 0 bridgehead atoms. The Kier molecular flexibility index (Phi) is 4.72. The van der Waals surface area contributed by atoms with E-state index < -0.39 is 10.0 Å². The second-order valence-corrected chi connectivity index (χ2v) is 9.72. The number of aromatic nitrogens is 2. The summed E-state index contributed by atoms with van der Waals surface area (Å²) < 4.78 is 39.6. The molecule has 3 heterocycles. The quantitative estimate of drug-likeness (QED) is 0.649. The minimum atomic E-state index is -3.23. The van der Waals surface area contributed by atoms with Gasteiger partial charge in [-0.15, -0.1) is 0 Å². The summed E-state index contributed by atoms with van der Waals surface area (Å²) in [5, 5.41) is 0.